The second kappa shape index (κ2) is 7.75. The van der Waals surface area contributed by atoms with Crippen LogP contribution in [0.25, 0.3) is 10.9 Å². The number of thiazole rings is 1. The number of rotatable bonds is 6. The number of aliphatic hydroxyl groups is 1. The van der Waals surface area contributed by atoms with Crippen LogP contribution in [0.2, 0.25) is 5.02 Å². The maximum Gasteiger partial charge on any atom is 0.318 e. The smallest absolute Gasteiger partial charge is 0.318 e. The Balaban J connectivity index is 1.41. The third kappa shape index (κ3) is 3.87. The molecular weight excluding hydrogens is 388 g/mol. The number of benzene rings is 1. The molecule has 2 amide bonds. The molecule has 1 aliphatic rings. The van der Waals surface area contributed by atoms with Gasteiger partial charge in [-0.1, -0.05) is 11.6 Å². The molecule has 142 valence electrons. The van der Waals surface area contributed by atoms with Crippen molar-refractivity contribution < 1.29 is 14.6 Å². The summed E-state index contributed by atoms with van der Waals surface area (Å²) in [6.07, 6.45) is 0.846. The van der Waals surface area contributed by atoms with Crippen LogP contribution in [0.1, 0.15) is 17.8 Å². The first-order valence-corrected chi connectivity index (χ1v) is 9.92. The minimum absolute atomic E-state index is 0.00197. The number of aromatic nitrogens is 2. The zero-order valence-electron chi connectivity index (χ0n) is 14.4. The van der Waals surface area contributed by atoms with Crippen LogP contribution in [0, 0.1) is 0 Å². The van der Waals surface area contributed by atoms with E-state index < -0.39 is 0 Å². The maximum absolute atomic E-state index is 12.1. The molecule has 0 radical (unpaired) electrons. The van der Waals surface area contributed by atoms with E-state index in [1.165, 1.54) is 11.3 Å². The van der Waals surface area contributed by atoms with Gasteiger partial charge in [0.05, 0.1) is 35.4 Å². The summed E-state index contributed by atoms with van der Waals surface area (Å²) in [7, 11) is 0. The first-order valence-electron chi connectivity index (χ1n) is 8.60. The number of likely N-dealkylation sites (tertiary alicyclic amines) is 1. The molecular formula is C18H19ClN4O3S. The molecule has 3 N–H and O–H groups in total. The summed E-state index contributed by atoms with van der Waals surface area (Å²) in [6.45, 7) is 1.41. The van der Waals surface area contributed by atoms with Gasteiger partial charge in [0, 0.05) is 34.6 Å². The Bertz CT molecular complexity index is 942. The van der Waals surface area contributed by atoms with Crippen LogP contribution in [0.3, 0.4) is 0 Å². The fourth-order valence-corrected chi connectivity index (χ4v) is 3.80. The summed E-state index contributed by atoms with van der Waals surface area (Å²) in [6, 6.07) is 5.41. The molecule has 0 saturated carbocycles. The number of hydrogen-bond acceptors (Lipinski definition) is 5. The number of amides is 2. The Morgan fingerprint density at radius 3 is 3.07 bits per heavy atom. The molecule has 1 atom stereocenters. The lowest BCUT2D eigenvalue weighted by molar-refractivity contribution is 0.0700. The van der Waals surface area contributed by atoms with E-state index in [1.807, 2.05) is 23.6 Å². The highest BCUT2D eigenvalue weighted by atomic mass is 35.5. The Morgan fingerprint density at radius 1 is 1.48 bits per heavy atom. The van der Waals surface area contributed by atoms with E-state index in [0.717, 1.165) is 28.7 Å². The number of nitrogens with zero attached hydrogens (tertiary/aromatic N) is 2. The van der Waals surface area contributed by atoms with Crippen molar-refractivity contribution in [1.29, 1.82) is 0 Å². The van der Waals surface area contributed by atoms with E-state index in [1.54, 1.807) is 10.4 Å². The van der Waals surface area contributed by atoms with E-state index in [0.29, 0.717) is 30.5 Å². The average molecular weight is 407 g/mol. The summed E-state index contributed by atoms with van der Waals surface area (Å²) in [4.78, 5) is 21.2. The normalized spacial score (nSPS) is 16.4. The molecule has 0 unspecified atom stereocenters. The zero-order chi connectivity index (χ0) is 18.8. The van der Waals surface area contributed by atoms with Gasteiger partial charge in [0.1, 0.15) is 12.4 Å². The first-order chi connectivity index (χ1) is 13.1. The number of H-pyrrole nitrogens is 1. The van der Waals surface area contributed by atoms with Crippen LogP contribution >= 0.6 is 22.9 Å². The molecule has 4 rings (SSSR count). The lowest BCUT2D eigenvalue weighted by atomic mass is 10.1. The van der Waals surface area contributed by atoms with Crippen molar-refractivity contribution in [3.05, 3.63) is 45.5 Å². The number of fused-ring (bicyclic) bond motifs is 1. The molecule has 0 spiro atoms. The maximum atomic E-state index is 12.1. The highest BCUT2D eigenvalue weighted by Gasteiger charge is 2.31. The molecule has 1 aromatic carbocycles. The lowest BCUT2D eigenvalue weighted by Crippen LogP contribution is -2.56. The van der Waals surface area contributed by atoms with Crippen LogP contribution in [0.15, 0.2) is 29.1 Å². The summed E-state index contributed by atoms with van der Waals surface area (Å²) in [5.41, 5.74) is 4.37. The molecule has 3 aromatic rings. The van der Waals surface area contributed by atoms with Gasteiger partial charge in [0.2, 0.25) is 0 Å². The predicted molar refractivity (Wildman–Crippen MR) is 104 cm³/mol. The van der Waals surface area contributed by atoms with Gasteiger partial charge in [-0.25, -0.2) is 9.78 Å². The van der Waals surface area contributed by atoms with Crippen LogP contribution in [-0.4, -0.2) is 45.2 Å². The van der Waals surface area contributed by atoms with E-state index in [2.05, 4.69) is 15.3 Å². The predicted octanol–water partition coefficient (Wildman–Crippen LogP) is 3.13. The van der Waals surface area contributed by atoms with Crippen LogP contribution in [0.5, 0.6) is 5.75 Å². The SMILES string of the molecule is O=C(NCc1cc2cc(Cl)c(OCc3cscn3)cc2[nH]1)N1CC[C@H]1CO. The fourth-order valence-electron chi connectivity index (χ4n) is 3.03. The minimum Gasteiger partial charge on any atom is -0.486 e. The number of ether oxygens (including phenoxy) is 1. The van der Waals surface area contributed by atoms with Crippen molar-refractivity contribution in [2.75, 3.05) is 13.2 Å². The van der Waals surface area contributed by atoms with Crippen molar-refractivity contribution >= 4 is 39.9 Å². The monoisotopic (exact) mass is 406 g/mol. The van der Waals surface area contributed by atoms with Gasteiger partial charge in [0.15, 0.2) is 0 Å². The number of aromatic amines is 1. The van der Waals surface area contributed by atoms with Crippen molar-refractivity contribution in [1.82, 2.24) is 20.2 Å². The Labute approximate surface area is 164 Å². The standard InChI is InChI=1S/C18H19ClN4O3S/c19-15-4-11-3-12(6-20-18(25)23-2-1-14(23)7-24)22-16(11)5-17(15)26-8-13-9-27-10-21-13/h3-5,9-10,14,22,24H,1-2,6-8H2,(H,20,25)/t14-/m0/s1. The van der Waals surface area contributed by atoms with Crippen molar-refractivity contribution in [3.8, 4) is 5.75 Å². The van der Waals surface area contributed by atoms with E-state index >= 15 is 0 Å². The second-order valence-electron chi connectivity index (χ2n) is 6.41. The van der Waals surface area contributed by atoms with Crippen LogP contribution in [0.4, 0.5) is 4.79 Å². The molecule has 1 saturated heterocycles. The molecule has 9 heteroatoms. The quantitative estimate of drug-likeness (QED) is 0.586. The summed E-state index contributed by atoms with van der Waals surface area (Å²) in [5.74, 6) is 0.584. The lowest BCUT2D eigenvalue weighted by Gasteiger charge is -2.39. The van der Waals surface area contributed by atoms with Gasteiger partial charge < -0.3 is 25.0 Å². The number of carbonyl (C=O) groups is 1. The summed E-state index contributed by atoms with van der Waals surface area (Å²) in [5, 5.41) is 15.5. The van der Waals surface area contributed by atoms with Crippen LogP contribution in [-0.2, 0) is 13.2 Å². The number of urea groups is 1. The Morgan fingerprint density at radius 2 is 2.37 bits per heavy atom. The van der Waals surface area contributed by atoms with Gasteiger partial charge in [-0.3, -0.25) is 0 Å². The first kappa shape index (κ1) is 18.1. The zero-order valence-corrected chi connectivity index (χ0v) is 16.0. The molecule has 27 heavy (non-hydrogen) atoms. The van der Waals surface area contributed by atoms with Crippen molar-refractivity contribution in [2.45, 2.75) is 25.6 Å². The number of nitrogens with one attached hydrogen (secondary N) is 2. The molecule has 1 aliphatic heterocycles. The third-order valence-electron chi connectivity index (χ3n) is 4.63. The number of halogens is 1. The minimum atomic E-state index is -0.163. The van der Waals surface area contributed by atoms with Gasteiger partial charge >= 0.3 is 6.03 Å². The average Bonchev–Trinajstić information content (AvgIpc) is 3.26. The molecule has 1 fully saturated rings. The van der Waals surface area contributed by atoms with E-state index in [9.17, 15) is 9.90 Å². The van der Waals surface area contributed by atoms with Crippen molar-refractivity contribution in [3.63, 3.8) is 0 Å². The topological polar surface area (TPSA) is 90.5 Å². The second-order valence-corrected chi connectivity index (χ2v) is 7.54. The molecule has 0 aliphatic carbocycles. The molecule has 3 heterocycles. The van der Waals surface area contributed by atoms with Crippen molar-refractivity contribution in [2.24, 2.45) is 0 Å². The molecule has 0 bridgehead atoms. The Hall–Kier alpha value is -2.29. The number of aliphatic hydroxyl groups excluding tert-OH is 1. The highest BCUT2D eigenvalue weighted by Crippen LogP contribution is 2.31. The molecule has 7 nitrogen and oxygen atoms in total. The van der Waals surface area contributed by atoms with E-state index in [-0.39, 0.29) is 18.7 Å². The van der Waals surface area contributed by atoms with Gasteiger partial charge in [-0.2, -0.15) is 0 Å². The van der Waals surface area contributed by atoms with E-state index in [4.69, 9.17) is 16.3 Å². The van der Waals surface area contributed by atoms with Gasteiger partial charge in [0.25, 0.3) is 0 Å². The van der Waals surface area contributed by atoms with Gasteiger partial charge in [-0.15, -0.1) is 11.3 Å². The largest absolute Gasteiger partial charge is 0.486 e. The summed E-state index contributed by atoms with van der Waals surface area (Å²) >= 11 is 7.84. The third-order valence-corrected chi connectivity index (χ3v) is 5.56. The molecule has 2 aromatic heterocycles. The fraction of sp³-hybridized carbons (Fsp3) is 0.333. The highest BCUT2D eigenvalue weighted by molar-refractivity contribution is 7.07. The van der Waals surface area contributed by atoms with Crippen LogP contribution < -0.4 is 10.1 Å². The number of hydrogen-bond donors (Lipinski definition) is 3. The Kier molecular flexibility index (Phi) is 5.20. The van der Waals surface area contributed by atoms with Gasteiger partial charge in [-0.05, 0) is 18.6 Å². The summed E-state index contributed by atoms with van der Waals surface area (Å²) < 4.78 is 5.77. The number of carbonyl (C=O) groups excluding carboxylic acids is 1.